The maximum Gasteiger partial charge on any atom is 0.346 e. The lowest BCUT2D eigenvalue weighted by molar-refractivity contribution is 0.101. The highest BCUT2D eigenvalue weighted by Crippen LogP contribution is 2.21. The highest BCUT2D eigenvalue weighted by Gasteiger charge is 2.14. The van der Waals surface area contributed by atoms with Gasteiger partial charge < -0.3 is 9.72 Å². The molecule has 0 aliphatic heterocycles. The minimum Gasteiger partial charge on any atom is -0.493 e. The average Bonchev–Trinajstić information content (AvgIpc) is 2.44. The first-order chi connectivity index (χ1) is 10.5. The van der Waals surface area contributed by atoms with Gasteiger partial charge >= 0.3 is 5.69 Å². The van der Waals surface area contributed by atoms with Gasteiger partial charge in [-0.25, -0.2) is 9.18 Å². The van der Waals surface area contributed by atoms with E-state index in [1.54, 1.807) is 6.92 Å². The van der Waals surface area contributed by atoms with Crippen molar-refractivity contribution in [2.75, 3.05) is 12.4 Å². The quantitative estimate of drug-likeness (QED) is 0.383. The summed E-state index contributed by atoms with van der Waals surface area (Å²) in [5, 5.41) is 0.399. The van der Waals surface area contributed by atoms with Crippen molar-refractivity contribution in [2.45, 2.75) is 18.9 Å². The zero-order valence-electron chi connectivity index (χ0n) is 12.2. The molecule has 116 valence electrons. The molecule has 0 aliphatic carbocycles. The minimum absolute atomic E-state index is 0.150. The molecule has 0 amide bonds. The number of ketones is 1. The van der Waals surface area contributed by atoms with Crippen LogP contribution in [0.4, 0.5) is 4.39 Å². The molecule has 1 aromatic heterocycles. The smallest absolute Gasteiger partial charge is 0.346 e. The molecule has 7 heteroatoms. The van der Waals surface area contributed by atoms with Gasteiger partial charge in [0.15, 0.2) is 5.78 Å². The molecule has 22 heavy (non-hydrogen) atoms. The van der Waals surface area contributed by atoms with E-state index in [4.69, 9.17) is 4.74 Å². The number of aromatic nitrogens is 2. The minimum atomic E-state index is -0.482. The number of hydrogen-bond acceptors (Lipinski definition) is 5. The number of carbonyl (C=O) groups is 1. The highest BCUT2D eigenvalue weighted by atomic mass is 32.2. The number of aromatic amines is 1. The van der Waals surface area contributed by atoms with Gasteiger partial charge in [0.2, 0.25) is 0 Å². The SMILES string of the molecule is CC(=O)c1c(SCCOc2ccc(F)cc2)nc(=O)[nH]c1C. The zero-order valence-corrected chi connectivity index (χ0v) is 13.0. The fourth-order valence-corrected chi connectivity index (χ4v) is 2.86. The molecule has 1 heterocycles. The maximum atomic E-state index is 12.8. The Bertz CT molecular complexity index is 729. The average molecular weight is 322 g/mol. The third-order valence-electron chi connectivity index (χ3n) is 2.84. The van der Waals surface area contributed by atoms with E-state index < -0.39 is 5.69 Å². The summed E-state index contributed by atoms with van der Waals surface area (Å²) in [5.74, 6) is 0.594. The normalized spacial score (nSPS) is 10.5. The molecule has 0 bridgehead atoms. The molecule has 0 unspecified atom stereocenters. The van der Waals surface area contributed by atoms with Crippen LogP contribution in [0, 0.1) is 12.7 Å². The standard InChI is InChI=1S/C15H15FN2O3S/c1-9-13(10(2)19)14(18-15(20)17-9)22-8-7-21-12-5-3-11(16)4-6-12/h3-6H,7-8H2,1-2H3,(H,17,18,20). The predicted octanol–water partition coefficient (Wildman–Crippen LogP) is 2.59. The Kier molecular flexibility index (Phi) is 5.32. The van der Waals surface area contributed by atoms with Crippen LogP contribution in [-0.4, -0.2) is 28.1 Å². The van der Waals surface area contributed by atoms with Gasteiger partial charge in [0.05, 0.1) is 12.2 Å². The van der Waals surface area contributed by atoms with Gasteiger partial charge in [-0.1, -0.05) is 0 Å². The lowest BCUT2D eigenvalue weighted by atomic mass is 10.2. The second-order valence-corrected chi connectivity index (χ2v) is 5.64. The fourth-order valence-electron chi connectivity index (χ4n) is 1.91. The fraction of sp³-hybridized carbons (Fsp3) is 0.267. The monoisotopic (exact) mass is 322 g/mol. The molecule has 2 aromatic rings. The lowest BCUT2D eigenvalue weighted by Gasteiger charge is -2.09. The molecule has 0 radical (unpaired) electrons. The number of hydrogen-bond donors (Lipinski definition) is 1. The first-order valence-electron chi connectivity index (χ1n) is 6.60. The van der Waals surface area contributed by atoms with E-state index >= 15 is 0 Å². The Labute approximate surface area is 130 Å². The van der Waals surface area contributed by atoms with Crippen molar-refractivity contribution < 1.29 is 13.9 Å². The number of nitrogens with one attached hydrogen (secondary N) is 1. The first kappa shape index (κ1) is 16.2. The summed E-state index contributed by atoms with van der Waals surface area (Å²) >= 11 is 1.28. The summed E-state index contributed by atoms with van der Waals surface area (Å²) in [4.78, 5) is 29.4. The largest absolute Gasteiger partial charge is 0.493 e. The van der Waals surface area contributed by atoms with Crippen molar-refractivity contribution in [3.8, 4) is 5.75 Å². The number of nitrogens with zero attached hydrogens (tertiary/aromatic N) is 1. The van der Waals surface area contributed by atoms with Gasteiger partial charge in [-0.05, 0) is 38.1 Å². The van der Waals surface area contributed by atoms with E-state index in [2.05, 4.69) is 9.97 Å². The predicted molar refractivity (Wildman–Crippen MR) is 82.2 cm³/mol. The maximum absolute atomic E-state index is 12.8. The zero-order chi connectivity index (χ0) is 16.1. The van der Waals surface area contributed by atoms with E-state index in [1.165, 1.54) is 43.0 Å². The molecule has 1 aromatic carbocycles. The summed E-state index contributed by atoms with van der Waals surface area (Å²) < 4.78 is 18.2. The number of halogens is 1. The molecular formula is C15H15FN2O3S. The number of benzene rings is 1. The summed E-state index contributed by atoms with van der Waals surface area (Å²) in [7, 11) is 0. The van der Waals surface area contributed by atoms with Crippen LogP contribution >= 0.6 is 11.8 Å². The van der Waals surface area contributed by atoms with E-state index in [9.17, 15) is 14.0 Å². The Hall–Kier alpha value is -2.15. The van der Waals surface area contributed by atoms with Crippen molar-refractivity contribution in [3.05, 3.63) is 51.8 Å². The van der Waals surface area contributed by atoms with Crippen molar-refractivity contribution in [1.82, 2.24) is 9.97 Å². The van der Waals surface area contributed by atoms with E-state index in [1.807, 2.05) is 0 Å². The molecule has 1 N–H and O–H groups in total. The second-order valence-electron chi connectivity index (χ2n) is 4.55. The van der Waals surface area contributed by atoms with Crippen molar-refractivity contribution >= 4 is 17.5 Å². The number of rotatable bonds is 6. The molecule has 0 atom stereocenters. The number of ether oxygens (including phenoxy) is 1. The Morgan fingerprint density at radius 3 is 2.68 bits per heavy atom. The lowest BCUT2D eigenvalue weighted by Crippen LogP contribution is -2.17. The van der Waals surface area contributed by atoms with Gasteiger partial charge in [-0.3, -0.25) is 4.79 Å². The second kappa shape index (κ2) is 7.22. The van der Waals surface area contributed by atoms with Crippen LogP contribution in [0.5, 0.6) is 5.75 Å². The Balaban J connectivity index is 1.98. The molecule has 2 rings (SSSR count). The van der Waals surface area contributed by atoms with Crippen LogP contribution in [0.2, 0.25) is 0 Å². The molecule has 0 saturated carbocycles. The van der Waals surface area contributed by atoms with Crippen molar-refractivity contribution in [1.29, 1.82) is 0 Å². The van der Waals surface area contributed by atoms with Crippen LogP contribution in [0.3, 0.4) is 0 Å². The molecular weight excluding hydrogens is 307 g/mol. The van der Waals surface area contributed by atoms with Crippen LogP contribution in [-0.2, 0) is 0 Å². The Morgan fingerprint density at radius 1 is 1.36 bits per heavy atom. The van der Waals surface area contributed by atoms with E-state index in [-0.39, 0.29) is 11.6 Å². The van der Waals surface area contributed by atoms with Crippen LogP contribution in [0.25, 0.3) is 0 Å². The van der Waals surface area contributed by atoms with Gasteiger partial charge in [0.1, 0.15) is 16.6 Å². The summed E-state index contributed by atoms with van der Waals surface area (Å²) in [5.41, 5.74) is 0.449. The summed E-state index contributed by atoms with van der Waals surface area (Å²) in [6.07, 6.45) is 0. The third-order valence-corrected chi connectivity index (χ3v) is 3.78. The van der Waals surface area contributed by atoms with Crippen molar-refractivity contribution in [3.63, 3.8) is 0 Å². The van der Waals surface area contributed by atoms with Gasteiger partial charge in [-0.2, -0.15) is 4.98 Å². The highest BCUT2D eigenvalue weighted by molar-refractivity contribution is 7.99. The number of aryl methyl sites for hydroxylation is 1. The number of thioether (sulfide) groups is 1. The van der Waals surface area contributed by atoms with Gasteiger partial charge in [-0.15, -0.1) is 11.8 Å². The molecule has 0 aliphatic rings. The van der Waals surface area contributed by atoms with E-state index in [0.29, 0.717) is 34.4 Å². The summed E-state index contributed by atoms with van der Waals surface area (Å²) in [6, 6.07) is 5.71. The molecule has 0 spiro atoms. The van der Waals surface area contributed by atoms with E-state index in [0.717, 1.165) is 0 Å². The molecule has 0 fully saturated rings. The van der Waals surface area contributed by atoms with Crippen LogP contribution < -0.4 is 10.4 Å². The first-order valence-corrected chi connectivity index (χ1v) is 7.59. The van der Waals surface area contributed by atoms with Crippen molar-refractivity contribution in [2.24, 2.45) is 0 Å². The number of Topliss-reactive ketones (excluding diaryl/α,β-unsaturated/α-hetero) is 1. The number of carbonyl (C=O) groups excluding carboxylic acids is 1. The van der Waals surface area contributed by atoms with Crippen LogP contribution in [0.1, 0.15) is 23.0 Å². The van der Waals surface area contributed by atoms with Crippen LogP contribution in [0.15, 0.2) is 34.1 Å². The van der Waals surface area contributed by atoms with Gasteiger partial charge in [0, 0.05) is 11.4 Å². The third kappa shape index (κ3) is 4.17. The summed E-state index contributed by atoms with van der Waals surface area (Å²) in [6.45, 7) is 3.45. The van der Waals surface area contributed by atoms with Gasteiger partial charge in [0.25, 0.3) is 0 Å². The number of H-pyrrole nitrogens is 1. The topological polar surface area (TPSA) is 72.0 Å². The molecule has 0 saturated heterocycles. The molecule has 5 nitrogen and oxygen atoms in total. The Morgan fingerprint density at radius 2 is 2.05 bits per heavy atom.